The molecule has 0 aliphatic heterocycles. The van der Waals surface area contributed by atoms with Crippen LogP contribution >= 0.6 is 0 Å². The molecule has 0 saturated carbocycles. The second kappa shape index (κ2) is 3.68. The third kappa shape index (κ3) is 2.03. The zero-order valence-corrected chi connectivity index (χ0v) is 9.11. The normalized spacial score (nSPS) is 23.3. The number of alkyl halides is 5. The maximum absolute atomic E-state index is 13.5. The number of fused-ring (bicyclic) bond motifs is 1. The van der Waals surface area contributed by atoms with Gasteiger partial charge >= 0.3 is 6.18 Å². The predicted octanol–water partition coefficient (Wildman–Crippen LogP) is 4.39. The first-order chi connectivity index (χ1) is 7.73. The standard InChI is InChI=1S/C12H11F5/c1-7-10-8(5-6-11(7,13)14)3-2-4-9(10)12(15,16)17/h2-4,7H,5-6H2,1H3. The summed E-state index contributed by atoms with van der Waals surface area (Å²) in [4.78, 5) is 0. The number of halogens is 5. The number of hydrogen-bond acceptors (Lipinski definition) is 0. The third-order valence-corrected chi connectivity index (χ3v) is 3.30. The number of hydrogen-bond donors (Lipinski definition) is 0. The molecule has 5 heteroatoms. The van der Waals surface area contributed by atoms with Crippen LogP contribution in [0, 0.1) is 0 Å². The molecule has 1 aliphatic rings. The molecular formula is C12H11F5. The first-order valence-corrected chi connectivity index (χ1v) is 5.30. The molecule has 94 valence electrons. The molecule has 1 aromatic carbocycles. The molecule has 0 N–H and O–H groups in total. The molecule has 1 unspecified atom stereocenters. The molecule has 0 fully saturated rings. The van der Waals surface area contributed by atoms with Gasteiger partial charge in [0.2, 0.25) is 0 Å². The van der Waals surface area contributed by atoms with E-state index in [1.165, 1.54) is 12.1 Å². The largest absolute Gasteiger partial charge is 0.416 e. The van der Waals surface area contributed by atoms with Crippen LogP contribution in [0.25, 0.3) is 0 Å². The molecule has 0 saturated heterocycles. The molecule has 0 radical (unpaired) electrons. The Morgan fingerprint density at radius 3 is 2.47 bits per heavy atom. The van der Waals surface area contributed by atoms with E-state index in [0.29, 0.717) is 5.56 Å². The Morgan fingerprint density at radius 1 is 1.24 bits per heavy atom. The van der Waals surface area contributed by atoms with E-state index in [0.717, 1.165) is 13.0 Å². The van der Waals surface area contributed by atoms with Gasteiger partial charge in [-0.25, -0.2) is 8.78 Å². The van der Waals surface area contributed by atoms with Crippen molar-refractivity contribution in [3.63, 3.8) is 0 Å². The minimum Gasteiger partial charge on any atom is -0.206 e. The van der Waals surface area contributed by atoms with Crippen LogP contribution in [0.1, 0.15) is 36.0 Å². The zero-order valence-electron chi connectivity index (χ0n) is 9.11. The minimum absolute atomic E-state index is 0.00338. The average molecular weight is 250 g/mol. The van der Waals surface area contributed by atoms with Gasteiger partial charge < -0.3 is 0 Å². The summed E-state index contributed by atoms with van der Waals surface area (Å²) in [6, 6.07) is 3.64. The quantitative estimate of drug-likeness (QED) is 0.599. The van der Waals surface area contributed by atoms with Crippen molar-refractivity contribution in [2.45, 2.75) is 37.8 Å². The summed E-state index contributed by atoms with van der Waals surface area (Å²) in [6.07, 6.45) is -4.97. The minimum atomic E-state index is -4.58. The SMILES string of the molecule is CC1c2c(cccc2C(F)(F)F)CCC1(F)F. The fourth-order valence-corrected chi connectivity index (χ4v) is 2.32. The summed E-state index contributed by atoms with van der Waals surface area (Å²) in [5, 5.41) is 0. The molecule has 0 bridgehead atoms. The topological polar surface area (TPSA) is 0 Å². The van der Waals surface area contributed by atoms with Crippen molar-refractivity contribution >= 4 is 0 Å². The maximum atomic E-state index is 13.5. The monoisotopic (exact) mass is 250 g/mol. The van der Waals surface area contributed by atoms with Crippen molar-refractivity contribution in [2.75, 3.05) is 0 Å². The smallest absolute Gasteiger partial charge is 0.206 e. The summed E-state index contributed by atoms with van der Waals surface area (Å²) in [7, 11) is 0. The van der Waals surface area contributed by atoms with Gasteiger partial charge in [-0.15, -0.1) is 0 Å². The van der Waals surface area contributed by atoms with Gasteiger partial charge in [0.15, 0.2) is 0 Å². The van der Waals surface area contributed by atoms with Gasteiger partial charge in [0.1, 0.15) is 0 Å². The van der Waals surface area contributed by atoms with Crippen LogP contribution in [0.5, 0.6) is 0 Å². The summed E-state index contributed by atoms with van der Waals surface area (Å²) in [5.74, 6) is -4.45. The lowest BCUT2D eigenvalue weighted by molar-refractivity contribution is -0.139. The van der Waals surface area contributed by atoms with E-state index in [9.17, 15) is 22.0 Å². The lowest BCUT2D eigenvalue weighted by Gasteiger charge is -2.33. The van der Waals surface area contributed by atoms with E-state index in [1.54, 1.807) is 0 Å². The fourth-order valence-electron chi connectivity index (χ4n) is 2.32. The van der Waals surface area contributed by atoms with E-state index < -0.39 is 23.6 Å². The Balaban J connectivity index is 2.61. The average Bonchev–Trinajstić information content (AvgIpc) is 2.22. The van der Waals surface area contributed by atoms with E-state index in [-0.39, 0.29) is 18.4 Å². The van der Waals surface area contributed by atoms with Crippen LogP contribution in [-0.2, 0) is 12.6 Å². The Bertz CT molecular complexity index is 433. The zero-order chi connectivity index (χ0) is 12.8. The molecule has 0 nitrogen and oxygen atoms in total. The van der Waals surface area contributed by atoms with Crippen LogP contribution in [0.2, 0.25) is 0 Å². The van der Waals surface area contributed by atoms with Gasteiger partial charge in [0, 0.05) is 12.3 Å². The summed E-state index contributed by atoms with van der Waals surface area (Å²) in [5.41, 5.74) is -0.781. The van der Waals surface area contributed by atoms with Gasteiger partial charge in [-0.3, -0.25) is 0 Å². The number of aryl methyl sites for hydroxylation is 1. The second-order valence-corrected chi connectivity index (χ2v) is 4.36. The van der Waals surface area contributed by atoms with Crippen LogP contribution in [0.4, 0.5) is 22.0 Å². The van der Waals surface area contributed by atoms with Crippen molar-refractivity contribution in [3.8, 4) is 0 Å². The second-order valence-electron chi connectivity index (χ2n) is 4.36. The summed E-state index contributed by atoms with van der Waals surface area (Å²) < 4.78 is 65.2. The number of benzene rings is 1. The van der Waals surface area contributed by atoms with Gasteiger partial charge in [-0.2, -0.15) is 13.2 Å². The lowest BCUT2D eigenvalue weighted by Crippen LogP contribution is -2.32. The van der Waals surface area contributed by atoms with Gasteiger partial charge in [-0.1, -0.05) is 19.1 Å². The first kappa shape index (κ1) is 12.3. The van der Waals surface area contributed by atoms with Crippen LogP contribution in [-0.4, -0.2) is 5.92 Å². The highest BCUT2D eigenvalue weighted by molar-refractivity contribution is 5.42. The lowest BCUT2D eigenvalue weighted by atomic mass is 9.78. The Morgan fingerprint density at radius 2 is 1.88 bits per heavy atom. The van der Waals surface area contributed by atoms with Crippen molar-refractivity contribution in [1.29, 1.82) is 0 Å². The van der Waals surface area contributed by atoms with Gasteiger partial charge in [0.05, 0.1) is 5.56 Å². The van der Waals surface area contributed by atoms with Crippen molar-refractivity contribution in [3.05, 3.63) is 34.9 Å². The van der Waals surface area contributed by atoms with Gasteiger partial charge in [-0.05, 0) is 23.6 Å². The third-order valence-electron chi connectivity index (χ3n) is 3.30. The van der Waals surface area contributed by atoms with Crippen LogP contribution in [0.15, 0.2) is 18.2 Å². The highest BCUT2D eigenvalue weighted by Gasteiger charge is 2.46. The van der Waals surface area contributed by atoms with E-state index >= 15 is 0 Å². The molecule has 17 heavy (non-hydrogen) atoms. The van der Waals surface area contributed by atoms with Crippen molar-refractivity contribution in [1.82, 2.24) is 0 Å². The van der Waals surface area contributed by atoms with Crippen molar-refractivity contribution < 1.29 is 22.0 Å². The van der Waals surface area contributed by atoms with E-state index in [4.69, 9.17) is 0 Å². The van der Waals surface area contributed by atoms with E-state index in [2.05, 4.69) is 0 Å². The Kier molecular flexibility index (Phi) is 2.67. The molecule has 0 spiro atoms. The first-order valence-electron chi connectivity index (χ1n) is 5.30. The predicted molar refractivity (Wildman–Crippen MR) is 53.1 cm³/mol. The maximum Gasteiger partial charge on any atom is 0.416 e. The molecule has 1 aromatic rings. The number of rotatable bonds is 0. The molecule has 1 atom stereocenters. The molecular weight excluding hydrogens is 239 g/mol. The molecule has 0 heterocycles. The summed E-state index contributed by atoms with van der Waals surface area (Å²) in [6.45, 7) is 1.16. The molecule has 0 amide bonds. The molecule has 2 rings (SSSR count). The fraction of sp³-hybridized carbons (Fsp3) is 0.500. The Labute approximate surface area is 95.4 Å². The van der Waals surface area contributed by atoms with Crippen LogP contribution < -0.4 is 0 Å². The molecule has 1 aliphatic carbocycles. The highest BCUT2D eigenvalue weighted by atomic mass is 19.4. The van der Waals surface area contributed by atoms with Gasteiger partial charge in [0.25, 0.3) is 5.92 Å². The summed E-state index contributed by atoms with van der Waals surface area (Å²) >= 11 is 0. The Hall–Kier alpha value is -1.13. The molecule has 0 aromatic heterocycles. The highest BCUT2D eigenvalue weighted by Crippen LogP contribution is 2.47. The van der Waals surface area contributed by atoms with Crippen molar-refractivity contribution in [2.24, 2.45) is 0 Å². The van der Waals surface area contributed by atoms with Crippen LogP contribution in [0.3, 0.4) is 0 Å². The van der Waals surface area contributed by atoms with E-state index in [1.807, 2.05) is 0 Å².